The summed E-state index contributed by atoms with van der Waals surface area (Å²) in [6.07, 6.45) is 6.62. The van der Waals surface area contributed by atoms with Gasteiger partial charge in [-0.2, -0.15) is 9.61 Å². The summed E-state index contributed by atoms with van der Waals surface area (Å²) >= 11 is 0. The molecule has 0 spiro atoms. The van der Waals surface area contributed by atoms with Gasteiger partial charge in [0.15, 0.2) is 5.65 Å². The molecule has 12 nitrogen and oxygen atoms in total. The van der Waals surface area contributed by atoms with E-state index in [1.54, 1.807) is 6.20 Å². The summed E-state index contributed by atoms with van der Waals surface area (Å²) in [5, 5.41) is 14.2. The van der Waals surface area contributed by atoms with Crippen LogP contribution in [0.15, 0.2) is 31.1 Å². The maximum Gasteiger partial charge on any atom is 0.410 e. The molecular formula is C42H64N6O6Si2. The van der Waals surface area contributed by atoms with Gasteiger partial charge in [-0.1, -0.05) is 51.8 Å². The zero-order valence-corrected chi connectivity index (χ0v) is 37.4. The molecule has 2 aliphatic rings. The van der Waals surface area contributed by atoms with Crippen LogP contribution in [0.25, 0.3) is 22.5 Å². The minimum Gasteiger partial charge on any atom is -0.494 e. The first-order chi connectivity index (χ1) is 26.4. The molecule has 1 N–H and O–H groups in total. The number of pyridine rings is 1. The van der Waals surface area contributed by atoms with Crippen molar-refractivity contribution < 1.29 is 28.8 Å². The van der Waals surface area contributed by atoms with Gasteiger partial charge >= 0.3 is 6.09 Å². The van der Waals surface area contributed by atoms with Crippen LogP contribution in [-0.2, 0) is 18.9 Å². The van der Waals surface area contributed by atoms with E-state index in [2.05, 4.69) is 67.6 Å². The molecule has 56 heavy (non-hydrogen) atoms. The molecule has 3 atom stereocenters. The van der Waals surface area contributed by atoms with Gasteiger partial charge in [0.05, 0.1) is 24.1 Å². The van der Waals surface area contributed by atoms with Crippen LogP contribution in [0.4, 0.5) is 10.6 Å². The fourth-order valence-electron chi connectivity index (χ4n) is 7.34. The van der Waals surface area contributed by atoms with Crippen molar-refractivity contribution in [1.82, 2.24) is 24.5 Å². The molecule has 5 rings (SSSR count). The molecule has 0 aliphatic carbocycles. The summed E-state index contributed by atoms with van der Waals surface area (Å²) in [4.78, 5) is 27.6. The molecule has 3 aromatic heterocycles. The largest absolute Gasteiger partial charge is 0.494 e. The first-order valence-electron chi connectivity index (χ1n) is 20.1. The Bertz CT molecular complexity index is 1850. The second kappa shape index (κ2) is 18.2. The first-order valence-corrected chi connectivity index (χ1v) is 27.5. The number of aromatic nitrogens is 4. The number of hydrogen-bond acceptors (Lipinski definition) is 10. The average molecular weight is 805 g/mol. The number of anilines is 1. The van der Waals surface area contributed by atoms with E-state index in [1.807, 2.05) is 55.4 Å². The van der Waals surface area contributed by atoms with Gasteiger partial charge in [0.2, 0.25) is 0 Å². The Balaban J connectivity index is 1.67. The maximum absolute atomic E-state index is 13.5. The standard InChI is InChI=1S/C42H64N6O6Si2/c1-12-53-30(2)37-38(32-24-34-17-18-35(25-32)47(34)41(50)54-42(3,4)5)45-39-36(31-15-16-33(43-26-31)14-13-19-49)27-44-48(39)40(37)46(28-51-20-22-55(6,7)8)29-52-21-23-56(9,10)11/h15-16,26-27,32,34-35,49H,2,12,17-25,28-29H2,1,3-11H3/t32-,34-,35+. The molecule has 0 unspecified atom stereocenters. The zero-order chi connectivity index (χ0) is 40.8. The van der Waals surface area contributed by atoms with E-state index >= 15 is 0 Å². The lowest BCUT2D eigenvalue weighted by Crippen LogP contribution is -2.48. The smallest absolute Gasteiger partial charge is 0.410 e. The van der Waals surface area contributed by atoms with Crippen LogP contribution in [0.3, 0.4) is 0 Å². The van der Waals surface area contributed by atoms with Crippen molar-refractivity contribution in [1.29, 1.82) is 0 Å². The molecular weight excluding hydrogens is 741 g/mol. The topological polar surface area (TPSA) is 124 Å². The number of nitrogens with zero attached hydrogens (tertiary/aromatic N) is 6. The lowest BCUT2D eigenvalue weighted by atomic mass is 9.85. The molecule has 2 saturated heterocycles. The quantitative estimate of drug-likeness (QED) is 0.0498. The third-order valence-electron chi connectivity index (χ3n) is 10.1. The van der Waals surface area contributed by atoms with Crippen molar-refractivity contribution in [2.45, 2.75) is 128 Å². The van der Waals surface area contributed by atoms with Gasteiger partial charge in [0.1, 0.15) is 42.9 Å². The molecule has 1 amide bonds. The number of rotatable bonds is 16. The first kappa shape index (κ1) is 43.4. The second-order valence-electron chi connectivity index (χ2n) is 18.4. The van der Waals surface area contributed by atoms with Crippen molar-refractivity contribution in [3.63, 3.8) is 0 Å². The van der Waals surface area contributed by atoms with Crippen LogP contribution >= 0.6 is 0 Å². The molecule has 306 valence electrons. The predicted octanol–water partition coefficient (Wildman–Crippen LogP) is 8.22. The molecule has 2 fully saturated rings. The summed E-state index contributed by atoms with van der Waals surface area (Å²) in [5.74, 6) is 6.80. The third kappa shape index (κ3) is 11.2. The number of aliphatic hydroxyl groups excluding tert-OH is 1. The number of carbonyl (C=O) groups excluding carboxylic acids is 1. The summed E-state index contributed by atoms with van der Waals surface area (Å²) in [5.41, 5.74) is 3.93. The summed E-state index contributed by atoms with van der Waals surface area (Å²) in [7, 11) is -2.70. The Morgan fingerprint density at radius 2 is 1.62 bits per heavy atom. The Morgan fingerprint density at radius 3 is 2.14 bits per heavy atom. The van der Waals surface area contributed by atoms with Crippen LogP contribution in [0, 0.1) is 11.8 Å². The van der Waals surface area contributed by atoms with Gasteiger partial charge < -0.3 is 33.9 Å². The summed E-state index contributed by atoms with van der Waals surface area (Å²) in [6.45, 7) is 28.3. The van der Waals surface area contributed by atoms with Crippen LogP contribution in [-0.4, -0.2) is 109 Å². The van der Waals surface area contributed by atoms with Crippen LogP contribution in [0.2, 0.25) is 51.4 Å². The zero-order valence-electron chi connectivity index (χ0n) is 35.4. The molecule has 2 aliphatic heterocycles. The fraction of sp³-hybridized carbons (Fsp3) is 0.619. The van der Waals surface area contributed by atoms with E-state index in [0.717, 1.165) is 66.0 Å². The number of piperidine rings is 1. The van der Waals surface area contributed by atoms with Gasteiger partial charge in [0, 0.05) is 64.7 Å². The highest BCUT2D eigenvalue weighted by Crippen LogP contribution is 2.47. The highest BCUT2D eigenvalue weighted by Gasteiger charge is 2.46. The minimum atomic E-state index is -1.35. The number of aliphatic hydroxyl groups is 1. The van der Waals surface area contributed by atoms with E-state index in [1.165, 1.54) is 0 Å². The van der Waals surface area contributed by atoms with Gasteiger partial charge in [0.25, 0.3) is 0 Å². The van der Waals surface area contributed by atoms with Crippen molar-refractivity contribution in [3.05, 3.63) is 48.1 Å². The minimum absolute atomic E-state index is 0.00150. The predicted molar refractivity (Wildman–Crippen MR) is 228 cm³/mol. The van der Waals surface area contributed by atoms with Crippen molar-refractivity contribution in [3.8, 4) is 23.0 Å². The SMILES string of the molecule is C=C(OCC)c1c([C@@H]2C[C@H]3CC[C@@H](C2)N3C(=O)OC(C)(C)C)nc2c(-c3ccc(C#CCO)nc3)cnn2c1N(COCC[Si](C)(C)C)COCC[Si](C)(C)C. The van der Waals surface area contributed by atoms with Crippen LogP contribution in [0.1, 0.15) is 76.2 Å². The number of carbonyl (C=O) groups is 1. The molecule has 0 saturated carbocycles. The average Bonchev–Trinajstić information content (AvgIpc) is 3.65. The molecule has 2 bridgehead atoms. The van der Waals surface area contributed by atoms with Crippen molar-refractivity contribution in [2.24, 2.45) is 0 Å². The number of amides is 1. The number of hydrogen-bond donors (Lipinski definition) is 1. The van der Waals surface area contributed by atoms with E-state index in [-0.39, 0.29) is 44.2 Å². The van der Waals surface area contributed by atoms with Crippen molar-refractivity contribution >= 4 is 39.5 Å². The van der Waals surface area contributed by atoms with Crippen LogP contribution < -0.4 is 4.90 Å². The molecule has 3 aromatic rings. The normalized spacial score (nSPS) is 18.5. The fourth-order valence-corrected chi connectivity index (χ4v) is 8.85. The second-order valence-corrected chi connectivity index (χ2v) is 29.7. The summed E-state index contributed by atoms with van der Waals surface area (Å²) in [6, 6.07) is 5.90. The van der Waals surface area contributed by atoms with E-state index < -0.39 is 21.7 Å². The lowest BCUT2D eigenvalue weighted by Gasteiger charge is -2.40. The van der Waals surface area contributed by atoms with Crippen LogP contribution in [0.5, 0.6) is 0 Å². The molecule has 5 heterocycles. The van der Waals surface area contributed by atoms with Crippen molar-refractivity contribution in [2.75, 3.05) is 44.8 Å². The van der Waals surface area contributed by atoms with Gasteiger partial charge in [-0.15, -0.1) is 0 Å². The lowest BCUT2D eigenvalue weighted by molar-refractivity contribution is 0.00566. The maximum atomic E-state index is 13.5. The highest BCUT2D eigenvalue weighted by molar-refractivity contribution is 6.76. The third-order valence-corrected chi connectivity index (χ3v) is 13.5. The van der Waals surface area contributed by atoms with Gasteiger partial charge in [-0.3, -0.25) is 0 Å². The molecule has 0 radical (unpaired) electrons. The van der Waals surface area contributed by atoms with E-state index in [9.17, 15) is 9.90 Å². The Morgan fingerprint density at radius 1 is 1.00 bits per heavy atom. The highest BCUT2D eigenvalue weighted by atomic mass is 28.3. The van der Waals surface area contributed by atoms with E-state index in [4.69, 9.17) is 29.0 Å². The number of fused-ring (bicyclic) bond motifs is 3. The van der Waals surface area contributed by atoms with E-state index in [0.29, 0.717) is 36.9 Å². The molecule has 0 aromatic carbocycles. The number of ether oxygens (including phenoxy) is 4. The van der Waals surface area contributed by atoms with Gasteiger partial charge in [-0.05, 0) is 83.5 Å². The Kier molecular flexibility index (Phi) is 14.1. The monoisotopic (exact) mass is 804 g/mol. The molecule has 14 heteroatoms. The summed E-state index contributed by atoms with van der Waals surface area (Å²) < 4.78 is 27.0. The Hall–Kier alpha value is -3.75. The Labute approximate surface area is 336 Å². The van der Waals surface area contributed by atoms with Gasteiger partial charge in [-0.25, -0.2) is 14.8 Å².